The lowest BCUT2D eigenvalue weighted by Crippen LogP contribution is -2.50. The maximum Gasteiger partial charge on any atom is 0.482 e. The van der Waals surface area contributed by atoms with Gasteiger partial charge in [0.15, 0.2) is 17.2 Å². The van der Waals surface area contributed by atoms with Gasteiger partial charge in [0.05, 0.1) is 48.1 Å². The van der Waals surface area contributed by atoms with E-state index in [0.717, 1.165) is 35.7 Å². The summed E-state index contributed by atoms with van der Waals surface area (Å²) in [6.45, 7) is 1.39. The number of nitrogens with two attached hydrogens (primary N) is 1. The van der Waals surface area contributed by atoms with Crippen LogP contribution in [0.1, 0.15) is 53.2 Å². The first-order valence-corrected chi connectivity index (χ1v) is 14.4. The van der Waals surface area contributed by atoms with Gasteiger partial charge in [-0.25, -0.2) is 28.4 Å². The minimum atomic E-state index is -4.24. The minimum Gasteiger partial charge on any atom is -0.423 e. The lowest BCUT2D eigenvalue weighted by Gasteiger charge is -2.33. The Kier molecular flexibility index (Phi) is 6.94. The van der Waals surface area contributed by atoms with Crippen molar-refractivity contribution in [2.75, 3.05) is 4.90 Å². The first kappa shape index (κ1) is 29.3. The third-order valence-corrected chi connectivity index (χ3v) is 8.21. The van der Waals surface area contributed by atoms with Crippen molar-refractivity contribution >= 4 is 28.5 Å². The van der Waals surface area contributed by atoms with Crippen LogP contribution in [-0.2, 0) is 17.8 Å². The second kappa shape index (κ2) is 10.9. The van der Waals surface area contributed by atoms with Gasteiger partial charge < -0.3 is 10.5 Å². The summed E-state index contributed by atoms with van der Waals surface area (Å²) in [5.41, 5.74) is 8.32. The Morgan fingerprint density at radius 3 is 2.46 bits per heavy atom. The molecule has 2 amide bonds. The Labute approximate surface area is 258 Å². The van der Waals surface area contributed by atoms with Crippen LogP contribution in [0.3, 0.4) is 0 Å². The quantitative estimate of drug-likeness (QED) is 0.229. The van der Waals surface area contributed by atoms with E-state index in [9.17, 15) is 27.2 Å². The molecular formula is C32H25F4N7O3. The molecule has 46 heavy (non-hydrogen) atoms. The number of hydrogen-bond donors (Lipinski definition) is 1. The van der Waals surface area contributed by atoms with E-state index in [1.807, 2.05) is 6.92 Å². The molecule has 0 spiro atoms. The molecule has 2 N–H and O–H groups in total. The highest BCUT2D eigenvalue weighted by molar-refractivity contribution is 6.09. The summed E-state index contributed by atoms with van der Waals surface area (Å²) in [5.74, 6) is -3.62. The van der Waals surface area contributed by atoms with E-state index >= 15 is 0 Å². The molecule has 1 fully saturated rings. The molecule has 1 aliphatic heterocycles. The number of carbonyl (C=O) groups excluding carboxylic acids is 2. The highest BCUT2D eigenvalue weighted by atomic mass is 19.3. The van der Waals surface area contributed by atoms with E-state index in [1.165, 1.54) is 30.5 Å². The largest absolute Gasteiger partial charge is 0.482 e. The number of carbonyl (C=O) groups is 2. The summed E-state index contributed by atoms with van der Waals surface area (Å²) in [6.07, 6.45) is 1.40. The SMILES string of the molecule is C[C@H](c1ccc(F)cc1)n1ncc2c(-c3ccc4c(c3)OC(F)(F)C(=O)N4Cc3ncc(F)cn3)c(C(N)=O)c(CC3CC3)nc21. The van der Waals surface area contributed by atoms with Crippen molar-refractivity contribution in [1.82, 2.24) is 24.7 Å². The van der Waals surface area contributed by atoms with Crippen LogP contribution in [-0.4, -0.2) is 42.7 Å². The maximum atomic E-state index is 14.9. The number of halogens is 4. The highest BCUT2D eigenvalue weighted by Crippen LogP contribution is 2.45. The van der Waals surface area contributed by atoms with E-state index in [2.05, 4.69) is 15.1 Å². The zero-order chi connectivity index (χ0) is 32.3. The van der Waals surface area contributed by atoms with Gasteiger partial charge in [-0.3, -0.25) is 14.5 Å². The summed E-state index contributed by atoms with van der Waals surface area (Å²) >= 11 is 0. The van der Waals surface area contributed by atoms with Crippen LogP contribution in [0, 0.1) is 17.6 Å². The number of ether oxygens (including phenoxy) is 1. The van der Waals surface area contributed by atoms with Crippen LogP contribution in [0.25, 0.3) is 22.2 Å². The van der Waals surface area contributed by atoms with Gasteiger partial charge in [-0.05, 0) is 67.5 Å². The van der Waals surface area contributed by atoms with E-state index in [4.69, 9.17) is 15.5 Å². The molecule has 0 bridgehead atoms. The number of anilines is 1. The fourth-order valence-corrected chi connectivity index (χ4v) is 5.72. The average Bonchev–Trinajstić information content (AvgIpc) is 3.74. The van der Waals surface area contributed by atoms with Crippen LogP contribution in [0.15, 0.2) is 61.1 Å². The summed E-state index contributed by atoms with van der Waals surface area (Å²) < 4.78 is 63.4. The van der Waals surface area contributed by atoms with Gasteiger partial charge in [-0.2, -0.15) is 13.9 Å². The maximum absolute atomic E-state index is 14.9. The van der Waals surface area contributed by atoms with Gasteiger partial charge in [-0.1, -0.05) is 18.2 Å². The topological polar surface area (TPSA) is 129 Å². The Bertz CT molecular complexity index is 2010. The Balaban J connectivity index is 1.39. The Morgan fingerprint density at radius 1 is 1.07 bits per heavy atom. The van der Waals surface area contributed by atoms with Crippen molar-refractivity contribution < 1.29 is 31.9 Å². The number of fused-ring (bicyclic) bond motifs is 2. The van der Waals surface area contributed by atoms with Crippen LogP contribution in [0.5, 0.6) is 5.75 Å². The van der Waals surface area contributed by atoms with Crippen LogP contribution >= 0.6 is 0 Å². The molecule has 2 aromatic carbocycles. The molecule has 0 saturated heterocycles. The average molecular weight is 632 g/mol. The standard InChI is InChI=1S/C32H25F4N7O3/c1-16(18-4-7-20(33)8-5-18)43-30-22(14-40-43)27(28(29(37)44)23(41-30)10-17-2-3-17)19-6-9-24-25(11-19)46-32(35,36)31(45)42(24)15-26-38-12-21(34)13-39-26/h4-9,11-14,16-17H,2-3,10,15H2,1H3,(H2,37,44)/t16-/m1/s1. The van der Waals surface area contributed by atoms with Crippen LogP contribution in [0.2, 0.25) is 0 Å². The normalized spacial score (nSPS) is 16.3. The number of aromatic nitrogens is 5. The Morgan fingerprint density at radius 2 is 1.78 bits per heavy atom. The van der Waals surface area contributed by atoms with Gasteiger partial charge >= 0.3 is 12.0 Å². The Hall–Kier alpha value is -5.40. The predicted octanol–water partition coefficient (Wildman–Crippen LogP) is 5.35. The smallest absolute Gasteiger partial charge is 0.423 e. The molecule has 1 aliphatic carbocycles. The lowest BCUT2D eigenvalue weighted by atomic mass is 9.93. The van der Waals surface area contributed by atoms with Gasteiger partial charge in [0.1, 0.15) is 11.6 Å². The second-order valence-corrected chi connectivity index (χ2v) is 11.4. The van der Waals surface area contributed by atoms with Crippen molar-refractivity contribution in [3.8, 4) is 16.9 Å². The van der Waals surface area contributed by atoms with Crippen molar-refractivity contribution in [3.05, 3.63) is 95.3 Å². The monoisotopic (exact) mass is 631 g/mol. The molecule has 3 aromatic heterocycles. The van der Waals surface area contributed by atoms with E-state index in [-0.39, 0.29) is 34.7 Å². The van der Waals surface area contributed by atoms with Crippen molar-refractivity contribution in [3.63, 3.8) is 0 Å². The highest BCUT2D eigenvalue weighted by Gasteiger charge is 2.51. The predicted molar refractivity (Wildman–Crippen MR) is 157 cm³/mol. The van der Waals surface area contributed by atoms with E-state index in [0.29, 0.717) is 40.2 Å². The van der Waals surface area contributed by atoms with Gasteiger partial charge in [0, 0.05) is 10.9 Å². The molecule has 1 atom stereocenters. The van der Waals surface area contributed by atoms with Crippen LogP contribution in [0.4, 0.5) is 23.2 Å². The van der Waals surface area contributed by atoms with Crippen molar-refractivity contribution in [2.45, 2.75) is 44.9 Å². The number of hydrogen-bond acceptors (Lipinski definition) is 7. The lowest BCUT2D eigenvalue weighted by molar-refractivity contribution is -0.193. The third-order valence-electron chi connectivity index (χ3n) is 8.21. The molecule has 10 nitrogen and oxygen atoms in total. The van der Waals surface area contributed by atoms with Crippen molar-refractivity contribution in [1.29, 1.82) is 0 Å². The van der Waals surface area contributed by atoms with Crippen molar-refractivity contribution in [2.24, 2.45) is 11.7 Å². The molecule has 5 aromatic rings. The van der Waals surface area contributed by atoms with Gasteiger partial charge in [0.2, 0.25) is 0 Å². The van der Waals surface area contributed by atoms with Gasteiger partial charge in [0.25, 0.3) is 5.91 Å². The summed E-state index contributed by atoms with van der Waals surface area (Å²) in [6, 6.07) is 9.86. The molecule has 1 saturated carbocycles. The number of pyridine rings is 1. The summed E-state index contributed by atoms with van der Waals surface area (Å²) in [7, 11) is 0. The van der Waals surface area contributed by atoms with Gasteiger partial charge in [-0.15, -0.1) is 0 Å². The number of alkyl halides is 2. The molecule has 0 radical (unpaired) electrons. The number of rotatable bonds is 8. The minimum absolute atomic E-state index is 0.00245. The zero-order valence-electron chi connectivity index (χ0n) is 24.3. The molecular weight excluding hydrogens is 606 g/mol. The fraction of sp³-hybridized carbons (Fsp3) is 0.250. The van der Waals surface area contributed by atoms with Crippen LogP contribution < -0.4 is 15.4 Å². The summed E-state index contributed by atoms with van der Waals surface area (Å²) in [4.78, 5) is 39.0. The zero-order valence-corrected chi connectivity index (χ0v) is 24.3. The molecule has 4 heterocycles. The first-order chi connectivity index (χ1) is 22.0. The molecule has 0 unspecified atom stereocenters. The number of primary amides is 1. The fourth-order valence-electron chi connectivity index (χ4n) is 5.72. The third kappa shape index (κ3) is 5.18. The van der Waals surface area contributed by atoms with E-state index in [1.54, 1.807) is 22.9 Å². The summed E-state index contributed by atoms with van der Waals surface area (Å²) in [5, 5.41) is 4.99. The molecule has 2 aliphatic rings. The second-order valence-electron chi connectivity index (χ2n) is 11.4. The number of amides is 2. The number of benzene rings is 2. The molecule has 7 rings (SSSR count). The first-order valence-electron chi connectivity index (χ1n) is 14.4. The molecule has 14 heteroatoms. The molecule has 234 valence electrons. The number of nitrogens with zero attached hydrogens (tertiary/aromatic N) is 6. The van der Waals surface area contributed by atoms with E-state index < -0.39 is 30.3 Å².